The first-order valence-corrected chi connectivity index (χ1v) is 5.77. The molecule has 0 aliphatic heterocycles. The Kier molecular flexibility index (Phi) is 1.44. The van der Waals surface area contributed by atoms with Crippen LogP contribution in [-0.2, 0) is 0 Å². The third kappa shape index (κ3) is 1.04. The Morgan fingerprint density at radius 2 is 1.71 bits per heavy atom. The lowest BCUT2D eigenvalue weighted by atomic mass is 9.59. The van der Waals surface area contributed by atoms with Crippen molar-refractivity contribution >= 4 is 0 Å². The highest BCUT2D eigenvalue weighted by molar-refractivity contribution is 5.16. The van der Waals surface area contributed by atoms with Gasteiger partial charge in [0.1, 0.15) is 0 Å². The van der Waals surface area contributed by atoms with Gasteiger partial charge in [0.25, 0.3) is 0 Å². The molecule has 14 heavy (non-hydrogen) atoms. The molecule has 0 radical (unpaired) electrons. The Labute approximate surface area is 85.3 Å². The van der Waals surface area contributed by atoms with E-state index >= 15 is 0 Å². The van der Waals surface area contributed by atoms with E-state index in [1.165, 1.54) is 0 Å². The highest BCUT2D eigenvalue weighted by atomic mass is 16.3. The van der Waals surface area contributed by atoms with Gasteiger partial charge in [0.05, 0.1) is 11.2 Å². The smallest absolute Gasteiger partial charge is 0.0686 e. The van der Waals surface area contributed by atoms with Crippen LogP contribution in [0.3, 0.4) is 0 Å². The fourth-order valence-corrected chi connectivity index (χ4v) is 4.83. The summed E-state index contributed by atoms with van der Waals surface area (Å²) in [6.07, 6.45) is 4.75. The molecular formula is C12H20O2. The minimum absolute atomic E-state index is 0.189. The van der Waals surface area contributed by atoms with Crippen molar-refractivity contribution in [1.82, 2.24) is 0 Å². The summed E-state index contributed by atoms with van der Waals surface area (Å²) in [5.74, 6) is 1.07. The molecule has 3 saturated carbocycles. The maximum atomic E-state index is 10.3. The Morgan fingerprint density at radius 1 is 1.00 bits per heavy atom. The van der Waals surface area contributed by atoms with Crippen LogP contribution in [0, 0.1) is 17.3 Å². The molecule has 3 fully saturated rings. The first-order chi connectivity index (χ1) is 6.32. The summed E-state index contributed by atoms with van der Waals surface area (Å²) in [5.41, 5.74) is -0.653. The van der Waals surface area contributed by atoms with Gasteiger partial charge in [0.2, 0.25) is 0 Å². The number of rotatable bonds is 0. The molecule has 2 N–H and O–H groups in total. The zero-order valence-electron chi connectivity index (χ0n) is 9.08. The van der Waals surface area contributed by atoms with Crippen molar-refractivity contribution in [3.8, 4) is 0 Å². The van der Waals surface area contributed by atoms with Crippen molar-refractivity contribution in [1.29, 1.82) is 0 Å². The van der Waals surface area contributed by atoms with Gasteiger partial charge in [-0.15, -0.1) is 0 Å². The number of fused-ring (bicyclic) bond motifs is 1. The van der Waals surface area contributed by atoms with Crippen LogP contribution in [0.5, 0.6) is 0 Å². The third-order valence-corrected chi connectivity index (χ3v) is 4.83. The summed E-state index contributed by atoms with van der Waals surface area (Å²) >= 11 is 0. The van der Waals surface area contributed by atoms with E-state index in [4.69, 9.17) is 0 Å². The summed E-state index contributed by atoms with van der Waals surface area (Å²) in [6, 6.07) is 0. The van der Waals surface area contributed by atoms with Crippen LogP contribution in [-0.4, -0.2) is 21.4 Å². The molecule has 2 bridgehead atoms. The summed E-state index contributed by atoms with van der Waals surface area (Å²) in [5, 5.41) is 20.5. The van der Waals surface area contributed by atoms with E-state index in [9.17, 15) is 10.2 Å². The topological polar surface area (TPSA) is 40.5 Å². The molecule has 0 aromatic carbocycles. The van der Waals surface area contributed by atoms with Gasteiger partial charge >= 0.3 is 0 Å². The van der Waals surface area contributed by atoms with E-state index in [1.54, 1.807) is 0 Å². The van der Waals surface area contributed by atoms with Crippen molar-refractivity contribution in [2.75, 3.05) is 0 Å². The van der Waals surface area contributed by atoms with E-state index < -0.39 is 5.60 Å². The second-order valence-electron chi connectivity index (χ2n) is 6.74. The summed E-state index contributed by atoms with van der Waals surface area (Å²) < 4.78 is 0. The summed E-state index contributed by atoms with van der Waals surface area (Å²) in [4.78, 5) is 0. The Bertz CT molecular complexity index is 286. The van der Waals surface area contributed by atoms with Crippen LogP contribution in [0.1, 0.15) is 46.0 Å². The zero-order chi connectivity index (χ0) is 10.2. The highest BCUT2D eigenvalue weighted by Gasteiger charge is 2.65. The van der Waals surface area contributed by atoms with Gasteiger partial charge in [-0.25, -0.2) is 0 Å². The number of hydrogen-bond donors (Lipinski definition) is 2. The van der Waals surface area contributed by atoms with Crippen LogP contribution < -0.4 is 0 Å². The Morgan fingerprint density at radius 3 is 2.43 bits per heavy atom. The molecule has 2 heteroatoms. The second kappa shape index (κ2) is 2.19. The Balaban J connectivity index is 1.96. The van der Waals surface area contributed by atoms with Gasteiger partial charge in [-0.2, -0.15) is 0 Å². The van der Waals surface area contributed by atoms with Crippen molar-refractivity contribution in [2.24, 2.45) is 17.3 Å². The molecule has 0 aromatic rings. The van der Waals surface area contributed by atoms with Crippen molar-refractivity contribution in [3.05, 3.63) is 0 Å². The fraction of sp³-hybridized carbons (Fsp3) is 1.00. The van der Waals surface area contributed by atoms with Gasteiger partial charge in [-0.3, -0.25) is 0 Å². The van der Waals surface area contributed by atoms with Crippen LogP contribution in [0.15, 0.2) is 0 Å². The predicted molar refractivity (Wildman–Crippen MR) is 53.7 cm³/mol. The molecule has 0 saturated heterocycles. The molecule has 0 spiro atoms. The van der Waals surface area contributed by atoms with E-state index in [0.29, 0.717) is 11.8 Å². The maximum Gasteiger partial charge on any atom is 0.0686 e. The van der Waals surface area contributed by atoms with Crippen molar-refractivity contribution in [3.63, 3.8) is 0 Å². The SMILES string of the molecule is CC1(O)CC2CC3(O)CC(C)(CC23)C1. The molecule has 0 amide bonds. The summed E-state index contributed by atoms with van der Waals surface area (Å²) in [6.45, 7) is 4.20. The van der Waals surface area contributed by atoms with Crippen LogP contribution >= 0.6 is 0 Å². The quantitative estimate of drug-likeness (QED) is 0.619. The summed E-state index contributed by atoms with van der Waals surface area (Å²) in [7, 11) is 0. The van der Waals surface area contributed by atoms with Gasteiger partial charge in [0.15, 0.2) is 0 Å². The monoisotopic (exact) mass is 196 g/mol. The average molecular weight is 196 g/mol. The Hall–Kier alpha value is -0.0800. The highest BCUT2D eigenvalue weighted by Crippen LogP contribution is 2.66. The zero-order valence-corrected chi connectivity index (χ0v) is 9.08. The van der Waals surface area contributed by atoms with E-state index in [-0.39, 0.29) is 11.0 Å². The first-order valence-electron chi connectivity index (χ1n) is 5.77. The fourth-order valence-electron chi connectivity index (χ4n) is 4.83. The molecule has 5 unspecified atom stereocenters. The van der Waals surface area contributed by atoms with Gasteiger partial charge < -0.3 is 10.2 Å². The lowest BCUT2D eigenvalue weighted by molar-refractivity contribution is -0.148. The molecule has 3 rings (SSSR count). The molecule has 0 aromatic heterocycles. The first kappa shape index (κ1) is 9.17. The van der Waals surface area contributed by atoms with Gasteiger partial charge in [0, 0.05) is 0 Å². The lowest BCUT2D eigenvalue weighted by Gasteiger charge is -2.51. The number of aliphatic hydroxyl groups is 2. The molecular weight excluding hydrogens is 176 g/mol. The largest absolute Gasteiger partial charge is 0.390 e. The lowest BCUT2D eigenvalue weighted by Crippen LogP contribution is -2.53. The maximum absolute atomic E-state index is 10.3. The average Bonchev–Trinajstić information content (AvgIpc) is 2.08. The van der Waals surface area contributed by atoms with Crippen LogP contribution in [0.4, 0.5) is 0 Å². The molecule has 80 valence electrons. The van der Waals surface area contributed by atoms with E-state index in [2.05, 4.69) is 6.92 Å². The third-order valence-electron chi connectivity index (χ3n) is 4.83. The minimum Gasteiger partial charge on any atom is -0.390 e. The van der Waals surface area contributed by atoms with E-state index in [1.807, 2.05) is 6.92 Å². The van der Waals surface area contributed by atoms with Crippen molar-refractivity contribution in [2.45, 2.75) is 57.2 Å². The molecule has 2 nitrogen and oxygen atoms in total. The van der Waals surface area contributed by atoms with Gasteiger partial charge in [-0.1, -0.05) is 6.92 Å². The van der Waals surface area contributed by atoms with Crippen LogP contribution in [0.25, 0.3) is 0 Å². The molecule has 3 aliphatic rings. The van der Waals surface area contributed by atoms with Gasteiger partial charge in [-0.05, 0) is 56.3 Å². The molecule has 5 atom stereocenters. The predicted octanol–water partition coefficient (Wildman–Crippen LogP) is 1.70. The van der Waals surface area contributed by atoms with Crippen LogP contribution in [0.2, 0.25) is 0 Å². The van der Waals surface area contributed by atoms with Crippen molar-refractivity contribution < 1.29 is 10.2 Å². The standard InChI is InChI=1S/C12H20O2/c1-10-5-9-8(3-11(2,13)6-10)4-12(9,14)7-10/h8-9,13-14H,3-7H2,1-2H3. The normalized spacial score (nSPS) is 66.0. The molecule has 3 aliphatic carbocycles. The van der Waals surface area contributed by atoms with E-state index in [0.717, 1.165) is 32.1 Å². The number of hydrogen-bond acceptors (Lipinski definition) is 2. The molecule has 0 heterocycles. The second-order valence-corrected chi connectivity index (χ2v) is 6.74. The minimum atomic E-state index is -0.490.